The number of benzene rings is 2. The monoisotopic (exact) mass is 560 g/mol. The number of anilines is 1. The predicted molar refractivity (Wildman–Crippen MR) is 141 cm³/mol. The molecular weight excluding hydrogens is 530 g/mol. The smallest absolute Gasteiger partial charge is 0.304 e. The number of carbonyl (C=O) groups is 2. The van der Waals surface area contributed by atoms with E-state index in [0.29, 0.717) is 15.6 Å². The average Bonchev–Trinajstić information content (AvgIpc) is 2.76. The molecule has 2 aromatic rings. The molecule has 1 atom stereocenters. The summed E-state index contributed by atoms with van der Waals surface area (Å²) in [7, 11) is -1.52. The zero-order valence-corrected chi connectivity index (χ0v) is 23.4. The molecule has 2 amide bonds. The lowest BCUT2D eigenvalue weighted by Crippen LogP contribution is -2.55. The number of rotatable bonds is 9. The summed E-state index contributed by atoms with van der Waals surface area (Å²) in [5, 5.41) is 3.41. The molecule has 0 saturated heterocycles. The summed E-state index contributed by atoms with van der Waals surface area (Å²) in [5.74, 6) is -1.69. The van der Waals surface area contributed by atoms with Crippen LogP contribution in [0.5, 0.6) is 0 Å². The number of nitrogens with zero attached hydrogens (tertiary/aromatic N) is 3. The molecule has 12 heteroatoms. The molecule has 0 saturated carbocycles. The molecule has 0 radical (unpaired) electrons. The molecule has 2 rings (SSSR count). The van der Waals surface area contributed by atoms with Gasteiger partial charge in [0.25, 0.3) is 0 Å². The van der Waals surface area contributed by atoms with Crippen LogP contribution < -0.4 is 9.62 Å². The molecule has 0 heterocycles. The normalized spacial score (nSPS) is 12.8. The van der Waals surface area contributed by atoms with Crippen molar-refractivity contribution in [3.8, 4) is 0 Å². The summed E-state index contributed by atoms with van der Waals surface area (Å²) in [4.78, 5) is 27.9. The van der Waals surface area contributed by atoms with Crippen molar-refractivity contribution in [3.63, 3.8) is 0 Å². The van der Waals surface area contributed by atoms with Crippen LogP contribution >= 0.6 is 23.2 Å². The maximum absolute atomic E-state index is 13.7. The van der Waals surface area contributed by atoms with Crippen LogP contribution in [-0.2, 0) is 26.3 Å². The molecule has 0 aliphatic rings. The molecular formula is C24H31Cl2FN4O4S. The Hall–Kier alpha value is -2.40. The van der Waals surface area contributed by atoms with Gasteiger partial charge in [0.1, 0.15) is 18.4 Å². The highest BCUT2D eigenvalue weighted by Gasteiger charge is 2.34. The summed E-state index contributed by atoms with van der Waals surface area (Å²) < 4.78 is 41.5. The third-order valence-corrected chi connectivity index (χ3v) is 7.72. The minimum absolute atomic E-state index is 0.0842. The molecule has 8 nitrogen and oxygen atoms in total. The van der Waals surface area contributed by atoms with Crippen molar-refractivity contribution in [3.05, 3.63) is 63.9 Å². The average molecular weight is 562 g/mol. The van der Waals surface area contributed by atoms with Gasteiger partial charge in [-0.15, -0.1) is 0 Å². The van der Waals surface area contributed by atoms with Gasteiger partial charge in [-0.2, -0.15) is 12.7 Å². The van der Waals surface area contributed by atoms with Gasteiger partial charge in [0.05, 0.1) is 5.69 Å². The van der Waals surface area contributed by atoms with Crippen LogP contribution in [0.15, 0.2) is 42.5 Å². The lowest BCUT2D eigenvalue weighted by atomic mass is 10.1. The number of amides is 2. The Morgan fingerprint density at radius 1 is 1.03 bits per heavy atom. The fraction of sp³-hybridized carbons (Fsp3) is 0.417. The minimum Gasteiger partial charge on any atom is -0.350 e. The van der Waals surface area contributed by atoms with Crippen molar-refractivity contribution < 1.29 is 22.4 Å². The van der Waals surface area contributed by atoms with Crippen LogP contribution in [0.3, 0.4) is 0 Å². The summed E-state index contributed by atoms with van der Waals surface area (Å²) >= 11 is 12.7. The van der Waals surface area contributed by atoms with Gasteiger partial charge < -0.3 is 10.2 Å². The topological polar surface area (TPSA) is 90.0 Å². The summed E-state index contributed by atoms with van der Waals surface area (Å²) in [6, 6.07) is 8.57. The quantitative estimate of drug-likeness (QED) is 0.500. The van der Waals surface area contributed by atoms with Crippen LogP contribution in [0.4, 0.5) is 10.1 Å². The van der Waals surface area contributed by atoms with Crippen molar-refractivity contribution in [2.45, 2.75) is 45.8 Å². The summed E-state index contributed by atoms with van der Waals surface area (Å²) in [6.45, 7) is 6.14. The van der Waals surface area contributed by atoms with Crippen LogP contribution in [0.1, 0.15) is 33.3 Å². The van der Waals surface area contributed by atoms with Crippen molar-refractivity contribution >= 4 is 50.9 Å². The molecule has 36 heavy (non-hydrogen) atoms. The molecule has 2 aromatic carbocycles. The zero-order valence-electron chi connectivity index (χ0n) is 21.0. The second-order valence-electron chi connectivity index (χ2n) is 9.41. The maximum atomic E-state index is 13.7. The van der Waals surface area contributed by atoms with E-state index in [4.69, 9.17) is 23.2 Å². The molecule has 0 spiro atoms. The zero-order chi connectivity index (χ0) is 27.4. The first-order valence-electron chi connectivity index (χ1n) is 11.0. The number of hydrogen-bond acceptors (Lipinski definition) is 4. The number of hydrogen-bond donors (Lipinski definition) is 1. The number of carbonyl (C=O) groups excluding carboxylic acids is 2. The van der Waals surface area contributed by atoms with E-state index in [-0.39, 0.29) is 12.2 Å². The number of halogens is 3. The van der Waals surface area contributed by atoms with E-state index in [9.17, 15) is 22.4 Å². The van der Waals surface area contributed by atoms with Gasteiger partial charge in [0.2, 0.25) is 11.8 Å². The molecule has 0 unspecified atom stereocenters. The highest BCUT2D eigenvalue weighted by atomic mass is 35.5. The second kappa shape index (κ2) is 11.8. The van der Waals surface area contributed by atoms with Crippen LogP contribution in [-0.4, -0.2) is 61.7 Å². The lowest BCUT2D eigenvalue weighted by Gasteiger charge is -2.34. The van der Waals surface area contributed by atoms with E-state index in [0.717, 1.165) is 20.7 Å². The van der Waals surface area contributed by atoms with Crippen LogP contribution in [0.25, 0.3) is 0 Å². The first-order valence-corrected chi connectivity index (χ1v) is 13.2. The van der Waals surface area contributed by atoms with Crippen molar-refractivity contribution in [2.24, 2.45) is 0 Å². The molecule has 0 bridgehead atoms. The van der Waals surface area contributed by atoms with E-state index in [1.54, 1.807) is 39.0 Å². The van der Waals surface area contributed by atoms with Crippen LogP contribution in [0.2, 0.25) is 10.0 Å². The highest BCUT2D eigenvalue weighted by Crippen LogP contribution is 2.27. The minimum atomic E-state index is -4.15. The first-order chi connectivity index (χ1) is 16.5. The number of nitrogens with one attached hydrogen (secondary N) is 1. The molecule has 0 aliphatic heterocycles. The highest BCUT2D eigenvalue weighted by molar-refractivity contribution is 7.90. The van der Waals surface area contributed by atoms with E-state index < -0.39 is 46.0 Å². The summed E-state index contributed by atoms with van der Waals surface area (Å²) in [6.07, 6.45) is 0. The molecule has 0 aromatic heterocycles. The molecule has 198 valence electrons. The molecule has 1 N–H and O–H groups in total. The fourth-order valence-corrected chi connectivity index (χ4v) is 4.81. The van der Waals surface area contributed by atoms with Crippen molar-refractivity contribution in [1.82, 2.24) is 14.5 Å². The Kier molecular flexibility index (Phi) is 9.75. The van der Waals surface area contributed by atoms with Gasteiger partial charge in [-0.05, 0) is 64.1 Å². The lowest BCUT2D eigenvalue weighted by molar-refractivity contribution is -0.140. The fourth-order valence-electron chi connectivity index (χ4n) is 3.23. The SMILES string of the molecule is C[C@@H](C(=O)NC(C)(C)C)N(Cc1c(Cl)cccc1Cl)C(=O)CN(c1ccc(F)cc1)S(=O)(=O)N(C)C. The Balaban J connectivity index is 2.52. The predicted octanol–water partition coefficient (Wildman–Crippen LogP) is 4.08. The van der Waals surface area contributed by atoms with Gasteiger partial charge in [-0.3, -0.25) is 9.59 Å². The van der Waals surface area contributed by atoms with Crippen molar-refractivity contribution in [1.29, 1.82) is 0 Å². The largest absolute Gasteiger partial charge is 0.350 e. The Labute approximate surface area is 222 Å². The van der Waals surface area contributed by atoms with Gasteiger partial charge in [0, 0.05) is 41.8 Å². The molecule has 0 aliphatic carbocycles. The van der Waals surface area contributed by atoms with E-state index in [2.05, 4.69) is 5.32 Å². The Morgan fingerprint density at radius 2 is 1.56 bits per heavy atom. The van der Waals surface area contributed by atoms with E-state index >= 15 is 0 Å². The summed E-state index contributed by atoms with van der Waals surface area (Å²) in [5.41, 5.74) is -0.0781. The third kappa shape index (κ3) is 7.55. The first kappa shape index (κ1) is 29.8. The molecule has 0 fully saturated rings. The Bertz CT molecular complexity index is 1180. The van der Waals surface area contributed by atoms with Crippen molar-refractivity contribution in [2.75, 3.05) is 24.9 Å². The second-order valence-corrected chi connectivity index (χ2v) is 12.3. The van der Waals surface area contributed by atoms with Gasteiger partial charge in [-0.25, -0.2) is 8.70 Å². The van der Waals surface area contributed by atoms with Gasteiger partial charge >= 0.3 is 10.2 Å². The third-order valence-electron chi connectivity index (χ3n) is 5.19. The van der Waals surface area contributed by atoms with E-state index in [1.165, 1.54) is 38.1 Å². The van der Waals surface area contributed by atoms with Crippen LogP contribution in [0, 0.1) is 5.82 Å². The van der Waals surface area contributed by atoms with Gasteiger partial charge in [0.15, 0.2) is 0 Å². The Morgan fingerprint density at radius 3 is 2.03 bits per heavy atom. The van der Waals surface area contributed by atoms with E-state index in [1.807, 2.05) is 0 Å². The standard InChI is InChI=1S/C24H31Cl2FN4O4S/c1-16(23(33)28-24(2,3)4)30(14-19-20(25)8-7-9-21(19)26)22(32)15-31(36(34,35)29(5)6)18-12-10-17(27)11-13-18/h7-13,16H,14-15H2,1-6H3,(H,28,33)/t16-/m0/s1. The van der Waals surface area contributed by atoms with Gasteiger partial charge in [-0.1, -0.05) is 29.3 Å². The maximum Gasteiger partial charge on any atom is 0.304 e.